The van der Waals surface area contributed by atoms with Crippen molar-refractivity contribution in [2.75, 3.05) is 0 Å². The van der Waals surface area contributed by atoms with Crippen LogP contribution in [-0.4, -0.2) is 29.2 Å². The van der Waals surface area contributed by atoms with E-state index in [0.29, 0.717) is 5.41 Å². The van der Waals surface area contributed by atoms with Gasteiger partial charge in [-0.05, 0) is 161 Å². The summed E-state index contributed by atoms with van der Waals surface area (Å²) in [7, 11) is -5.84. The number of aryl methyl sites for hydroxylation is 2. The van der Waals surface area contributed by atoms with Crippen LogP contribution in [0.2, 0.25) is 0 Å². The lowest BCUT2D eigenvalue weighted by Gasteiger charge is -2.57. The Bertz CT molecular complexity index is 1370. The minimum atomic E-state index is -5.84. The summed E-state index contributed by atoms with van der Waals surface area (Å²) in [6.45, 7) is 8.30. The predicted octanol–water partition coefficient (Wildman–Crippen LogP) is 11.4. The van der Waals surface area contributed by atoms with E-state index < -0.39 is 15.6 Å². The Morgan fingerprint density at radius 2 is 1.04 bits per heavy atom. The molecule has 264 valence electrons. The molecule has 0 saturated heterocycles. The number of hydrogen-bond donors (Lipinski definition) is 2. The highest BCUT2D eigenvalue weighted by atomic mass is 79.9. The normalized spacial score (nSPS) is 34.0. The summed E-state index contributed by atoms with van der Waals surface area (Å²) in [4.78, 5) is 0. The molecule has 10 rings (SSSR count). The highest BCUT2D eigenvalue weighted by Crippen LogP contribution is 2.61. The zero-order valence-corrected chi connectivity index (χ0v) is 32.0. The Kier molecular flexibility index (Phi) is 12.8. The second-order valence-electron chi connectivity index (χ2n) is 15.0. The van der Waals surface area contributed by atoms with Gasteiger partial charge in [0.1, 0.15) is 0 Å². The number of alkyl halides is 3. The average molecular weight is 809 g/mol. The second-order valence-corrected chi connectivity index (χ2v) is 18.1. The summed E-state index contributed by atoms with van der Waals surface area (Å²) in [6.07, 6.45) is 16.7. The molecule has 10 heteroatoms. The molecule has 2 N–H and O–H groups in total. The number of hydrogen-bond acceptors (Lipinski definition) is 3. The molecule has 0 unspecified atom stereocenters. The van der Waals surface area contributed by atoms with E-state index in [9.17, 15) is 18.3 Å². The third-order valence-electron chi connectivity index (χ3n) is 11.2. The van der Waals surface area contributed by atoms with Crippen molar-refractivity contribution in [3.63, 3.8) is 0 Å². The van der Waals surface area contributed by atoms with Crippen molar-refractivity contribution in [2.45, 2.75) is 121 Å². The topological polar surface area (TPSA) is 74.6 Å². The van der Waals surface area contributed by atoms with Crippen LogP contribution in [0.5, 0.6) is 0 Å². The fourth-order valence-corrected chi connectivity index (χ4v) is 10.6. The van der Waals surface area contributed by atoms with Gasteiger partial charge in [0.15, 0.2) is 0 Å². The molecule has 2 aromatic carbocycles. The molecule has 0 radical (unpaired) electrons. The minimum absolute atomic E-state index is 0.200. The smallest absolute Gasteiger partial charge is 0.390 e. The van der Waals surface area contributed by atoms with Crippen LogP contribution in [0.15, 0.2) is 51.4 Å². The quantitative estimate of drug-likeness (QED) is 0.222. The lowest BCUT2D eigenvalue weighted by Crippen LogP contribution is -2.50. The van der Waals surface area contributed by atoms with Gasteiger partial charge in [-0.15, -0.1) is 0 Å². The van der Waals surface area contributed by atoms with Crippen molar-refractivity contribution in [2.24, 2.45) is 35.5 Å². The molecule has 0 amide bonds. The van der Waals surface area contributed by atoms with Crippen LogP contribution in [0.3, 0.4) is 0 Å². The molecule has 0 heterocycles. The third kappa shape index (κ3) is 9.86. The van der Waals surface area contributed by atoms with Crippen LogP contribution >= 0.6 is 31.9 Å². The Hall–Kier alpha value is -0.940. The fourth-order valence-electron chi connectivity index (χ4n) is 10.1. The van der Waals surface area contributed by atoms with Crippen LogP contribution in [0, 0.1) is 49.4 Å². The van der Waals surface area contributed by atoms with E-state index in [2.05, 4.69) is 70.0 Å². The van der Waals surface area contributed by atoms with E-state index in [4.69, 9.17) is 13.0 Å². The molecule has 2 aromatic rings. The molecule has 8 bridgehead atoms. The van der Waals surface area contributed by atoms with Gasteiger partial charge in [-0.2, -0.15) is 21.6 Å². The Labute approximate surface area is 296 Å². The minimum Gasteiger partial charge on any atom is -0.390 e. The third-order valence-corrected chi connectivity index (χ3v) is 13.5. The molecule has 8 aliphatic carbocycles. The van der Waals surface area contributed by atoms with Crippen molar-refractivity contribution >= 4 is 42.0 Å². The summed E-state index contributed by atoms with van der Waals surface area (Å²) in [5.41, 5.74) is -0.847. The van der Waals surface area contributed by atoms with E-state index in [-0.39, 0.29) is 5.60 Å². The highest BCUT2D eigenvalue weighted by Gasteiger charge is 2.52. The standard InChI is InChI=1S/C17H21Br.C10H16O.C7H7Br.C2H6.CHF3O3S/c1-11-4-15(2-3-16(11)18)17-8-12-5-13(9-17)7-14(6-12)10-17;11-10-4-7-1-8(5-10)3-9(2-7)6-10;1-6-4-2-3-5-7(6)8;1-2;2-1(3,4)8(5,6)7/h2-4,12-14H,5-10H2,1H3;7-9,11H,1-6H2;2-5H,1H3;1-2H3;(H,5,6,7). The Morgan fingerprint density at radius 1 is 0.681 bits per heavy atom. The molecule has 8 aliphatic rings. The van der Waals surface area contributed by atoms with Gasteiger partial charge in [0.05, 0.1) is 5.60 Å². The summed E-state index contributed by atoms with van der Waals surface area (Å²) < 4.78 is 60.0. The first-order valence-corrected chi connectivity index (χ1v) is 20.2. The summed E-state index contributed by atoms with van der Waals surface area (Å²) >= 11 is 7.03. The first-order valence-electron chi connectivity index (χ1n) is 17.2. The maximum Gasteiger partial charge on any atom is 0.522 e. The first-order chi connectivity index (χ1) is 21.9. The molecule has 4 nitrogen and oxygen atoms in total. The molecule has 0 atom stereocenters. The zero-order valence-electron chi connectivity index (χ0n) is 28.0. The average Bonchev–Trinajstić information content (AvgIpc) is 2.95. The number of halogens is 5. The predicted molar refractivity (Wildman–Crippen MR) is 190 cm³/mol. The SMILES string of the molecule is CC.Cc1cc(C23CC4CC(CC(C4)C2)C3)ccc1Br.Cc1ccccc1Br.O=S(=O)(O)C(F)(F)F.OC12CC3CC(CC(C3)C1)C2. The maximum absolute atomic E-state index is 10.7. The first kappa shape index (κ1) is 38.9. The van der Waals surface area contributed by atoms with Crippen molar-refractivity contribution in [3.8, 4) is 0 Å². The van der Waals surface area contributed by atoms with Crippen molar-refractivity contribution in [1.29, 1.82) is 0 Å². The van der Waals surface area contributed by atoms with Gasteiger partial charge in [-0.25, -0.2) is 0 Å². The Balaban J connectivity index is 0.000000149. The van der Waals surface area contributed by atoms with E-state index in [1.54, 1.807) is 5.56 Å². The van der Waals surface area contributed by atoms with Crippen molar-refractivity contribution in [1.82, 2.24) is 0 Å². The second kappa shape index (κ2) is 15.5. The van der Waals surface area contributed by atoms with Gasteiger partial charge in [0.2, 0.25) is 0 Å². The van der Waals surface area contributed by atoms with Gasteiger partial charge in [-0.3, -0.25) is 4.55 Å². The number of benzene rings is 2. The van der Waals surface area contributed by atoms with Crippen LogP contribution in [0.1, 0.15) is 108 Å². The van der Waals surface area contributed by atoms with Gasteiger partial charge in [0, 0.05) is 8.95 Å². The number of aliphatic hydroxyl groups is 1. The fraction of sp³-hybridized carbons (Fsp3) is 0.676. The lowest BCUT2D eigenvalue weighted by atomic mass is 9.48. The van der Waals surface area contributed by atoms with Gasteiger partial charge < -0.3 is 5.11 Å². The molecule has 47 heavy (non-hydrogen) atoms. The van der Waals surface area contributed by atoms with Crippen LogP contribution in [0.25, 0.3) is 0 Å². The zero-order chi connectivity index (χ0) is 34.8. The molecular weight excluding hydrogens is 757 g/mol. The molecule has 0 aromatic heterocycles. The van der Waals surface area contributed by atoms with Crippen LogP contribution in [0.4, 0.5) is 13.2 Å². The van der Waals surface area contributed by atoms with E-state index in [1.165, 1.54) is 77.9 Å². The van der Waals surface area contributed by atoms with E-state index >= 15 is 0 Å². The molecular formula is C37H51Br2F3O4S. The van der Waals surface area contributed by atoms with Gasteiger partial charge in [0.25, 0.3) is 0 Å². The molecule has 8 saturated carbocycles. The monoisotopic (exact) mass is 806 g/mol. The van der Waals surface area contributed by atoms with E-state index in [0.717, 1.165) is 54.8 Å². The maximum atomic E-state index is 10.7. The summed E-state index contributed by atoms with van der Waals surface area (Å²) in [5.74, 6) is 5.81. The van der Waals surface area contributed by atoms with Crippen molar-refractivity contribution in [3.05, 3.63) is 68.1 Å². The molecule has 0 spiro atoms. The van der Waals surface area contributed by atoms with Crippen LogP contribution in [-0.2, 0) is 15.5 Å². The highest BCUT2D eigenvalue weighted by molar-refractivity contribution is 9.10. The van der Waals surface area contributed by atoms with E-state index in [1.807, 2.05) is 32.0 Å². The largest absolute Gasteiger partial charge is 0.522 e. The summed E-state index contributed by atoms with van der Waals surface area (Å²) in [6, 6.07) is 15.3. The van der Waals surface area contributed by atoms with Crippen molar-refractivity contribution < 1.29 is 31.2 Å². The van der Waals surface area contributed by atoms with Gasteiger partial charge >= 0.3 is 15.6 Å². The Morgan fingerprint density at radius 3 is 1.34 bits per heavy atom. The summed E-state index contributed by atoms with van der Waals surface area (Å²) in [5, 5.41) is 10.1. The molecule has 8 fully saturated rings. The van der Waals surface area contributed by atoms with Gasteiger partial charge in [-0.1, -0.05) is 76.0 Å². The number of rotatable bonds is 1. The lowest BCUT2D eigenvalue weighted by molar-refractivity contribution is -0.124. The molecule has 0 aliphatic heterocycles. The van der Waals surface area contributed by atoms with Crippen LogP contribution < -0.4 is 0 Å².